The minimum Gasteiger partial charge on any atom is -0.493 e. The molecule has 0 N–H and O–H groups in total. The molecule has 0 aliphatic rings. The van der Waals surface area contributed by atoms with Crippen LogP contribution >= 0.6 is 23.2 Å². The van der Waals surface area contributed by atoms with Crippen molar-refractivity contribution in [3.63, 3.8) is 0 Å². The third-order valence-electron chi connectivity index (χ3n) is 4.52. The highest BCUT2D eigenvalue weighted by Gasteiger charge is 2.21. The van der Waals surface area contributed by atoms with Crippen LogP contribution in [0.15, 0.2) is 47.8 Å². The van der Waals surface area contributed by atoms with Gasteiger partial charge in [0.25, 0.3) is 0 Å². The van der Waals surface area contributed by atoms with Gasteiger partial charge in [-0.15, -0.1) is 0 Å². The van der Waals surface area contributed by atoms with Crippen molar-refractivity contribution in [2.75, 3.05) is 20.5 Å². The van der Waals surface area contributed by atoms with Crippen LogP contribution in [0.5, 0.6) is 11.5 Å². The summed E-state index contributed by atoms with van der Waals surface area (Å²) in [5.41, 5.74) is 1.86. The SMILES string of the molecule is COc1cc2nc(-c3ccc(Cl)c(Cl)c3)n(-c3ccnc(S(C)(=O)=O)n3)c2cc1OC. The van der Waals surface area contributed by atoms with Gasteiger partial charge in [0.05, 0.1) is 35.3 Å². The van der Waals surface area contributed by atoms with Crippen LogP contribution in [0.25, 0.3) is 28.2 Å². The Morgan fingerprint density at radius 3 is 2.29 bits per heavy atom. The van der Waals surface area contributed by atoms with Crippen LogP contribution in [-0.4, -0.2) is 48.4 Å². The number of benzene rings is 2. The molecule has 4 rings (SSSR count). The molecule has 2 heterocycles. The van der Waals surface area contributed by atoms with Crippen molar-refractivity contribution < 1.29 is 17.9 Å². The monoisotopic (exact) mass is 478 g/mol. The predicted molar refractivity (Wildman–Crippen MR) is 118 cm³/mol. The van der Waals surface area contributed by atoms with E-state index in [0.29, 0.717) is 49.8 Å². The van der Waals surface area contributed by atoms with Gasteiger partial charge < -0.3 is 9.47 Å². The zero-order valence-electron chi connectivity index (χ0n) is 16.6. The first-order valence-corrected chi connectivity index (χ1v) is 11.5. The zero-order chi connectivity index (χ0) is 22.3. The Morgan fingerprint density at radius 2 is 1.65 bits per heavy atom. The third kappa shape index (κ3) is 3.91. The lowest BCUT2D eigenvalue weighted by molar-refractivity contribution is 0.355. The summed E-state index contributed by atoms with van der Waals surface area (Å²) in [7, 11) is -0.567. The molecule has 11 heteroatoms. The van der Waals surface area contributed by atoms with Crippen molar-refractivity contribution in [3.8, 4) is 28.7 Å². The molecular formula is C20H16Cl2N4O4S. The van der Waals surface area contributed by atoms with Crippen molar-refractivity contribution in [1.29, 1.82) is 0 Å². The number of hydrogen-bond acceptors (Lipinski definition) is 7. The van der Waals surface area contributed by atoms with Gasteiger partial charge >= 0.3 is 0 Å². The first-order chi connectivity index (χ1) is 14.7. The first kappa shape index (κ1) is 21.4. The maximum Gasteiger partial charge on any atom is 0.248 e. The van der Waals surface area contributed by atoms with E-state index in [2.05, 4.69) is 9.97 Å². The van der Waals surface area contributed by atoms with E-state index < -0.39 is 9.84 Å². The minimum atomic E-state index is -3.62. The van der Waals surface area contributed by atoms with E-state index in [1.54, 1.807) is 41.0 Å². The molecule has 0 fully saturated rings. The second-order valence-corrected chi connectivity index (χ2v) is 9.29. The molecule has 0 saturated heterocycles. The van der Waals surface area contributed by atoms with E-state index in [-0.39, 0.29) is 5.16 Å². The Hall–Kier alpha value is -2.88. The number of sulfone groups is 1. The van der Waals surface area contributed by atoms with Gasteiger partial charge in [0.2, 0.25) is 15.0 Å². The van der Waals surface area contributed by atoms with Crippen molar-refractivity contribution in [2.45, 2.75) is 5.16 Å². The summed E-state index contributed by atoms with van der Waals surface area (Å²) in [6.07, 6.45) is 2.43. The first-order valence-electron chi connectivity index (χ1n) is 8.86. The minimum absolute atomic E-state index is 0.299. The fourth-order valence-electron chi connectivity index (χ4n) is 3.10. The molecule has 0 atom stereocenters. The molecule has 31 heavy (non-hydrogen) atoms. The second-order valence-electron chi connectivity index (χ2n) is 6.57. The Labute approximate surface area is 188 Å². The van der Waals surface area contributed by atoms with Crippen LogP contribution in [-0.2, 0) is 9.84 Å². The van der Waals surface area contributed by atoms with E-state index in [4.69, 9.17) is 37.7 Å². The molecule has 0 saturated carbocycles. The molecule has 0 bridgehead atoms. The summed E-state index contributed by atoms with van der Waals surface area (Å²) in [5, 5.41) is 0.456. The molecule has 0 unspecified atom stereocenters. The number of aromatic nitrogens is 4. The van der Waals surface area contributed by atoms with Gasteiger partial charge in [-0.1, -0.05) is 23.2 Å². The number of fused-ring (bicyclic) bond motifs is 1. The molecule has 2 aromatic carbocycles. The molecule has 2 aromatic heterocycles. The van der Waals surface area contributed by atoms with Crippen LogP contribution in [0.3, 0.4) is 0 Å². The van der Waals surface area contributed by atoms with Crippen LogP contribution in [0.2, 0.25) is 10.0 Å². The van der Waals surface area contributed by atoms with E-state index in [0.717, 1.165) is 6.26 Å². The molecule has 0 spiro atoms. The molecule has 8 nitrogen and oxygen atoms in total. The summed E-state index contributed by atoms with van der Waals surface area (Å²) in [5.74, 6) is 1.77. The van der Waals surface area contributed by atoms with Gasteiger partial charge in [0.1, 0.15) is 11.6 Å². The molecule has 0 amide bonds. The summed E-state index contributed by atoms with van der Waals surface area (Å²) in [6, 6.07) is 10.2. The van der Waals surface area contributed by atoms with Crippen LogP contribution in [0, 0.1) is 0 Å². The standard InChI is InChI=1S/C20H16Cl2N4O4S/c1-29-16-9-14-15(10-17(16)30-2)26(18-6-7-23-20(25-18)31(3,27)28)19(24-14)11-4-5-12(21)13(22)8-11/h4-10H,1-3H3. The van der Waals surface area contributed by atoms with Crippen LogP contribution in [0.1, 0.15) is 0 Å². The molecule has 160 valence electrons. The van der Waals surface area contributed by atoms with Crippen molar-refractivity contribution in [3.05, 3.63) is 52.6 Å². The Bertz CT molecular complexity index is 1420. The third-order valence-corrected chi connectivity index (χ3v) is 6.12. The van der Waals surface area contributed by atoms with E-state index >= 15 is 0 Å². The number of ether oxygens (including phenoxy) is 2. The highest BCUT2D eigenvalue weighted by Crippen LogP contribution is 2.37. The van der Waals surface area contributed by atoms with Gasteiger partial charge in [-0.2, -0.15) is 0 Å². The lowest BCUT2D eigenvalue weighted by Gasteiger charge is -2.11. The zero-order valence-corrected chi connectivity index (χ0v) is 19.0. The highest BCUT2D eigenvalue weighted by molar-refractivity contribution is 7.90. The summed E-state index contributed by atoms with van der Waals surface area (Å²) in [4.78, 5) is 12.8. The Morgan fingerprint density at radius 1 is 0.935 bits per heavy atom. The highest BCUT2D eigenvalue weighted by atomic mass is 35.5. The van der Waals surface area contributed by atoms with Crippen LogP contribution < -0.4 is 9.47 Å². The van der Waals surface area contributed by atoms with E-state index in [1.165, 1.54) is 20.4 Å². The van der Waals surface area contributed by atoms with Crippen molar-refractivity contribution in [2.24, 2.45) is 0 Å². The largest absolute Gasteiger partial charge is 0.493 e. The quantitative estimate of drug-likeness (QED) is 0.396. The fourth-order valence-corrected chi connectivity index (χ4v) is 3.91. The van der Waals surface area contributed by atoms with Gasteiger partial charge in [0.15, 0.2) is 11.5 Å². The van der Waals surface area contributed by atoms with E-state index in [1.807, 2.05) is 0 Å². The Kier molecular flexibility index (Phi) is 5.50. The maximum absolute atomic E-state index is 12.0. The number of rotatable bonds is 5. The topological polar surface area (TPSA) is 96.2 Å². The average molecular weight is 479 g/mol. The van der Waals surface area contributed by atoms with Gasteiger partial charge in [0, 0.05) is 30.1 Å². The lowest BCUT2D eigenvalue weighted by atomic mass is 10.2. The fraction of sp³-hybridized carbons (Fsp3) is 0.150. The molecule has 0 radical (unpaired) electrons. The molecule has 0 aliphatic heterocycles. The second kappa shape index (κ2) is 7.99. The molecule has 4 aromatic rings. The number of halogens is 2. The van der Waals surface area contributed by atoms with Gasteiger partial charge in [-0.3, -0.25) is 4.57 Å². The summed E-state index contributed by atoms with van der Waals surface area (Å²) < 4.78 is 36.6. The normalized spacial score (nSPS) is 11.6. The van der Waals surface area contributed by atoms with Crippen LogP contribution in [0.4, 0.5) is 0 Å². The van der Waals surface area contributed by atoms with E-state index in [9.17, 15) is 8.42 Å². The number of imidazole rings is 1. The summed E-state index contributed by atoms with van der Waals surface area (Å²) >= 11 is 12.3. The van der Waals surface area contributed by atoms with Crippen molar-refractivity contribution in [1.82, 2.24) is 19.5 Å². The maximum atomic E-state index is 12.0. The van der Waals surface area contributed by atoms with Crippen molar-refractivity contribution >= 4 is 44.1 Å². The number of methoxy groups -OCH3 is 2. The molecule has 0 aliphatic carbocycles. The number of hydrogen-bond donors (Lipinski definition) is 0. The van der Waals surface area contributed by atoms with Gasteiger partial charge in [-0.05, 0) is 24.3 Å². The predicted octanol–water partition coefficient (Wildman–Crippen LogP) is 4.21. The number of nitrogens with zero attached hydrogens (tertiary/aromatic N) is 4. The summed E-state index contributed by atoms with van der Waals surface area (Å²) in [6.45, 7) is 0. The Balaban J connectivity index is 2.09. The smallest absolute Gasteiger partial charge is 0.248 e. The average Bonchev–Trinajstić information content (AvgIpc) is 3.12. The lowest BCUT2D eigenvalue weighted by Crippen LogP contribution is -2.08. The molecular weight excluding hydrogens is 463 g/mol. The van der Waals surface area contributed by atoms with Gasteiger partial charge in [-0.25, -0.2) is 23.4 Å².